The fourth-order valence-electron chi connectivity index (χ4n) is 3.06. The Morgan fingerprint density at radius 3 is 2.59 bits per heavy atom. The molecule has 136 valence electrons. The van der Waals surface area contributed by atoms with Crippen LogP contribution < -0.4 is 4.90 Å². The van der Waals surface area contributed by atoms with Gasteiger partial charge in [0.25, 0.3) is 0 Å². The Labute approximate surface area is 155 Å². The van der Waals surface area contributed by atoms with Crippen LogP contribution in [-0.2, 0) is 0 Å². The normalized spacial score (nSPS) is 14.2. The number of hydrogen-bond acceptors (Lipinski definition) is 7. The Hall–Kier alpha value is -3.62. The van der Waals surface area contributed by atoms with Gasteiger partial charge in [-0.2, -0.15) is 0 Å². The zero-order valence-electron chi connectivity index (χ0n) is 14.5. The van der Waals surface area contributed by atoms with Gasteiger partial charge in [0.05, 0.1) is 10.6 Å². The van der Waals surface area contributed by atoms with Gasteiger partial charge >= 0.3 is 5.69 Å². The summed E-state index contributed by atoms with van der Waals surface area (Å²) in [5.74, 6) is 0.987. The molecule has 1 aliphatic heterocycles. The molecule has 1 fully saturated rings. The molecular weight excluding hydrogens is 346 g/mol. The van der Waals surface area contributed by atoms with Crippen LogP contribution in [0.3, 0.4) is 0 Å². The second-order valence-electron chi connectivity index (χ2n) is 6.17. The average molecular weight is 363 g/mol. The SMILES string of the molecule is O=[N+]([O-])c1cccnc1N1CCC(=Cc2nnn(-c3ccccc3)n2)CC1. The zero-order chi connectivity index (χ0) is 18.6. The molecule has 0 atom stereocenters. The highest BCUT2D eigenvalue weighted by atomic mass is 16.6. The van der Waals surface area contributed by atoms with E-state index in [-0.39, 0.29) is 10.6 Å². The van der Waals surface area contributed by atoms with Crippen LogP contribution in [0.4, 0.5) is 11.5 Å². The molecule has 0 spiro atoms. The highest BCUT2D eigenvalue weighted by molar-refractivity contribution is 5.58. The Bertz CT molecular complexity index is 974. The van der Waals surface area contributed by atoms with Gasteiger partial charge in [0.15, 0.2) is 5.82 Å². The number of nitro groups is 1. The summed E-state index contributed by atoms with van der Waals surface area (Å²) in [7, 11) is 0. The van der Waals surface area contributed by atoms with Gasteiger partial charge in [-0.25, -0.2) is 4.98 Å². The van der Waals surface area contributed by atoms with Crippen molar-refractivity contribution in [3.05, 3.63) is 70.2 Å². The van der Waals surface area contributed by atoms with Gasteiger partial charge in [0.1, 0.15) is 0 Å². The van der Waals surface area contributed by atoms with Gasteiger partial charge in [-0.15, -0.1) is 15.0 Å². The van der Waals surface area contributed by atoms with Crippen molar-refractivity contribution in [2.75, 3.05) is 18.0 Å². The number of piperidine rings is 1. The van der Waals surface area contributed by atoms with Crippen LogP contribution in [0.5, 0.6) is 0 Å². The smallest absolute Gasteiger partial charge is 0.311 e. The summed E-state index contributed by atoms with van der Waals surface area (Å²) < 4.78 is 0. The molecule has 4 rings (SSSR count). The molecule has 2 aromatic heterocycles. The van der Waals surface area contributed by atoms with E-state index in [1.165, 1.54) is 16.4 Å². The molecule has 9 heteroatoms. The summed E-state index contributed by atoms with van der Waals surface area (Å²) in [6.07, 6.45) is 5.07. The van der Waals surface area contributed by atoms with E-state index in [2.05, 4.69) is 20.4 Å². The maximum atomic E-state index is 11.2. The number of benzene rings is 1. The molecule has 0 amide bonds. The summed E-state index contributed by atoms with van der Waals surface area (Å²) in [6, 6.07) is 12.7. The second-order valence-corrected chi connectivity index (χ2v) is 6.17. The van der Waals surface area contributed by atoms with E-state index in [0.717, 1.165) is 18.5 Å². The average Bonchev–Trinajstić information content (AvgIpc) is 3.18. The van der Waals surface area contributed by atoms with Gasteiger partial charge in [-0.3, -0.25) is 10.1 Å². The Morgan fingerprint density at radius 1 is 1.07 bits per heavy atom. The van der Waals surface area contributed by atoms with Crippen molar-refractivity contribution in [3.8, 4) is 5.69 Å². The first-order valence-corrected chi connectivity index (χ1v) is 8.60. The number of para-hydroxylation sites is 1. The molecule has 9 nitrogen and oxygen atoms in total. The van der Waals surface area contributed by atoms with Gasteiger partial charge in [0.2, 0.25) is 5.82 Å². The first kappa shape index (κ1) is 16.8. The lowest BCUT2D eigenvalue weighted by molar-refractivity contribution is -0.384. The molecule has 0 bridgehead atoms. The quantitative estimate of drug-likeness (QED) is 0.518. The molecule has 3 heterocycles. The lowest BCUT2D eigenvalue weighted by Gasteiger charge is -2.28. The first-order valence-electron chi connectivity index (χ1n) is 8.60. The predicted molar refractivity (Wildman–Crippen MR) is 99.5 cm³/mol. The molecule has 0 saturated carbocycles. The summed E-state index contributed by atoms with van der Waals surface area (Å²) in [4.78, 5) is 18.4. The van der Waals surface area contributed by atoms with Gasteiger partial charge < -0.3 is 4.90 Å². The van der Waals surface area contributed by atoms with E-state index >= 15 is 0 Å². The summed E-state index contributed by atoms with van der Waals surface area (Å²) in [5.41, 5.74) is 2.08. The highest BCUT2D eigenvalue weighted by Crippen LogP contribution is 2.29. The van der Waals surface area contributed by atoms with Crippen molar-refractivity contribution in [1.29, 1.82) is 0 Å². The number of pyridine rings is 1. The Balaban J connectivity index is 1.46. The van der Waals surface area contributed by atoms with Crippen LogP contribution in [0.2, 0.25) is 0 Å². The molecule has 27 heavy (non-hydrogen) atoms. The Morgan fingerprint density at radius 2 is 1.85 bits per heavy atom. The van der Waals surface area contributed by atoms with Crippen molar-refractivity contribution >= 4 is 17.6 Å². The topological polar surface area (TPSA) is 103 Å². The minimum atomic E-state index is -0.389. The molecule has 0 aliphatic carbocycles. The zero-order valence-corrected chi connectivity index (χ0v) is 14.5. The molecule has 0 radical (unpaired) electrons. The van der Waals surface area contributed by atoms with E-state index in [1.54, 1.807) is 12.3 Å². The number of rotatable bonds is 4. The third kappa shape index (κ3) is 3.66. The van der Waals surface area contributed by atoms with E-state index in [0.29, 0.717) is 24.7 Å². The van der Waals surface area contributed by atoms with Crippen LogP contribution in [0.1, 0.15) is 18.7 Å². The molecular formula is C18H17N7O2. The standard InChI is InChI=1S/C18H17N7O2/c26-25(27)16-7-4-10-19-18(16)23-11-8-14(9-12-23)13-17-20-22-24(21-17)15-5-2-1-3-6-15/h1-7,10,13H,8-9,11-12H2. The Kier molecular flexibility index (Phi) is 4.56. The monoisotopic (exact) mass is 363 g/mol. The summed E-state index contributed by atoms with van der Waals surface area (Å²) in [6.45, 7) is 1.33. The first-order chi connectivity index (χ1) is 13.2. The second kappa shape index (κ2) is 7.32. The lowest BCUT2D eigenvalue weighted by atomic mass is 10.0. The largest absolute Gasteiger partial charge is 0.350 e. The van der Waals surface area contributed by atoms with Crippen LogP contribution >= 0.6 is 0 Å². The van der Waals surface area contributed by atoms with Gasteiger partial charge in [-0.1, -0.05) is 23.8 Å². The maximum Gasteiger partial charge on any atom is 0.311 e. The summed E-state index contributed by atoms with van der Waals surface area (Å²) in [5, 5.41) is 23.8. The van der Waals surface area contributed by atoms with Crippen molar-refractivity contribution in [2.24, 2.45) is 0 Å². The fourth-order valence-corrected chi connectivity index (χ4v) is 3.06. The van der Waals surface area contributed by atoms with Crippen molar-refractivity contribution in [1.82, 2.24) is 25.2 Å². The van der Waals surface area contributed by atoms with Gasteiger partial charge in [0, 0.05) is 25.4 Å². The molecule has 0 N–H and O–H groups in total. The van der Waals surface area contributed by atoms with E-state index in [4.69, 9.17) is 0 Å². The van der Waals surface area contributed by atoms with Crippen LogP contribution in [0, 0.1) is 10.1 Å². The van der Waals surface area contributed by atoms with Crippen molar-refractivity contribution in [2.45, 2.75) is 12.8 Å². The van der Waals surface area contributed by atoms with Crippen LogP contribution in [-0.4, -0.2) is 43.2 Å². The van der Waals surface area contributed by atoms with E-state index in [1.807, 2.05) is 41.3 Å². The number of anilines is 1. The van der Waals surface area contributed by atoms with Gasteiger partial charge in [-0.05, 0) is 42.3 Å². The molecule has 1 saturated heterocycles. The number of aromatic nitrogens is 5. The third-order valence-electron chi connectivity index (χ3n) is 4.42. The van der Waals surface area contributed by atoms with Crippen molar-refractivity contribution in [3.63, 3.8) is 0 Å². The number of tetrazole rings is 1. The van der Waals surface area contributed by atoms with Crippen molar-refractivity contribution < 1.29 is 4.92 Å². The fraction of sp³-hybridized carbons (Fsp3) is 0.222. The molecule has 1 aromatic carbocycles. The van der Waals surface area contributed by atoms with E-state index in [9.17, 15) is 10.1 Å². The van der Waals surface area contributed by atoms with Crippen LogP contribution in [0.15, 0.2) is 54.2 Å². The number of nitrogens with zero attached hydrogens (tertiary/aromatic N) is 7. The highest BCUT2D eigenvalue weighted by Gasteiger charge is 2.23. The number of hydrogen-bond donors (Lipinski definition) is 0. The molecule has 3 aromatic rings. The maximum absolute atomic E-state index is 11.2. The molecule has 1 aliphatic rings. The van der Waals surface area contributed by atoms with E-state index < -0.39 is 0 Å². The summed E-state index contributed by atoms with van der Waals surface area (Å²) >= 11 is 0. The third-order valence-corrected chi connectivity index (χ3v) is 4.42. The van der Waals surface area contributed by atoms with Crippen LogP contribution in [0.25, 0.3) is 11.8 Å². The lowest BCUT2D eigenvalue weighted by Crippen LogP contribution is -2.31. The minimum absolute atomic E-state index is 0.0393. The minimum Gasteiger partial charge on any atom is -0.350 e. The molecule has 0 unspecified atom stereocenters. The predicted octanol–water partition coefficient (Wildman–Crippen LogP) is 2.65.